The molecule has 0 fully saturated rings. The second-order valence-corrected chi connectivity index (χ2v) is 5.48. The Kier molecular flexibility index (Phi) is 4.16. The number of anilines is 1. The highest BCUT2D eigenvalue weighted by atomic mass is 79.9. The van der Waals surface area contributed by atoms with Gasteiger partial charge in [0.2, 0.25) is 0 Å². The molecule has 0 heterocycles. The lowest BCUT2D eigenvalue weighted by Crippen LogP contribution is -2.39. The summed E-state index contributed by atoms with van der Waals surface area (Å²) in [5.74, 6) is -0.175. The van der Waals surface area contributed by atoms with Crippen molar-refractivity contribution in [1.29, 1.82) is 0 Å². The van der Waals surface area contributed by atoms with E-state index in [1.165, 1.54) is 4.90 Å². The average molecular weight is 301 g/mol. The third kappa shape index (κ3) is 3.71. The molecule has 0 aliphatic carbocycles. The lowest BCUT2D eigenvalue weighted by atomic mass is 10.1. The van der Waals surface area contributed by atoms with Crippen molar-refractivity contribution in [1.82, 2.24) is 4.90 Å². The zero-order valence-electron chi connectivity index (χ0n) is 10.2. The number of carbonyl (C=O) groups excluding carboxylic acids is 1. The molecule has 0 aliphatic heterocycles. The number of amides is 1. The van der Waals surface area contributed by atoms with Gasteiger partial charge >= 0.3 is 0 Å². The number of nitrogen functional groups attached to an aromatic ring is 1. The van der Waals surface area contributed by atoms with Gasteiger partial charge in [-0.25, -0.2) is 0 Å². The van der Waals surface area contributed by atoms with E-state index in [1.54, 1.807) is 39.1 Å². The van der Waals surface area contributed by atoms with Gasteiger partial charge in [0.25, 0.3) is 5.91 Å². The summed E-state index contributed by atoms with van der Waals surface area (Å²) in [5.41, 5.74) is 5.82. The summed E-state index contributed by atoms with van der Waals surface area (Å²) < 4.78 is 0.590. The van der Waals surface area contributed by atoms with Crippen molar-refractivity contribution >= 4 is 27.5 Å². The highest BCUT2D eigenvalue weighted by Crippen LogP contribution is 2.25. The quantitative estimate of drug-likeness (QED) is 0.838. The molecule has 94 valence electrons. The van der Waals surface area contributed by atoms with E-state index in [2.05, 4.69) is 15.9 Å². The number of hydrogen-bond acceptors (Lipinski definition) is 3. The van der Waals surface area contributed by atoms with Crippen LogP contribution in [-0.2, 0) is 0 Å². The van der Waals surface area contributed by atoms with Crippen molar-refractivity contribution in [2.45, 2.75) is 19.4 Å². The summed E-state index contributed by atoms with van der Waals surface area (Å²) in [7, 11) is 1.65. The maximum absolute atomic E-state index is 12.1. The van der Waals surface area contributed by atoms with Crippen LogP contribution in [-0.4, -0.2) is 35.1 Å². The van der Waals surface area contributed by atoms with Gasteiger partial charge in [-0.1, -0.05) is 6.07 Å². The van der Waals surface area contributed by atoms with Gasteiger partial charge in [-0.3, -0.25) is 4.79 Å². The highest BCUT2D eigenvalue weighted by Gasteiger charge is 2.22. The number of carbonyl (C=O) groups is 1. The van der Waals surface area contributed by atoms with Crippen molar-refractivity contribution < 1.29 is 9.90 Å². The Balaban J connectivity index is 2.93. The fourth-order valence-corrected chi connectivity index (χ4v) is 2.01. The van der Waals surface area contributed by atoms with Crippen LogP contribution >= 0.6 is 15.9 Å². The van der Waals surface area contributed by atoms with Gasteiger partial charge < -0.3 is 15.7 Å². The largest absolute Gasteiger partial charge is 0.398 e. The molecule has 17 heavy (non-hydrogen) atoms. The topological polar surface area (TPSA) is 66.6 Å². The van der Waals surface area contributed by atoms with Crippen molar-refractivity contribution in [3.63, 3.8) is 0 Å². The van der Waals surface area contributed by atoms with Gasteiger partial charge in [-0.2, -0.15) is 0 Å². The van der Waals surface area contributed by atoms with E-state index < -0.39 is 5.60 Å². The number of nitrogens with zero attached hydrogens (tertiary/aromatic N) is 1. The predicted octanol–water partition coefficient (Wildman–Crippen LogP) is 1.87. The van der Waals surface area contributed by atoms with E-state index in [0.717, 1.165) is 0 Å². The van der Waals surface area contributed by atoms with E-state index in [0.29, 0.717) is 15.7 Å². The normalized spacial score (nSPS) is 11.4. The molecule has 0 saturated heterocycles. The molecule has 3 N–H and O–H groups in total. The fourth-order valence-electron chi connectivity index (χ4n) is 1.57. The molecule has 1 aromatic carbocycles. The summed E-state index contributed by atoms with van der Waals surface area (Å²) in [4.78, 5) is 13.6. The molecule has 4 nitrogen and oxygen atoms in total. The first-order valence-electron chi connectivity index (χ1n) is 5.24. The zero-order valence-corrected chi connectivity index (χ0v) is 11.8. The van der Waals surface area contributed by atoms with Gasteiger partial charge in [-0.05, 0) is 41.9 Å². The minimum atomic E-state index is -0.919. The molecular formula is C12H17BrN2O2. The Hall–Kier alpha value is -1.07. The number of halogens is 1. The molecule has 1 amide bonds. The Labute approximate surface area is 110 Å². The second-order valence-electron chi connectivity index (χ2n) is 4.68. The van der Waals surface area contributed by atoms with Gasteiger partial charge in [0, 0.05) is 19.3 Å². The SMILES string of the molecule is CN(CC(C)(C)O)C(=O)c1cccc(N)c1Br. The monoisotopic (exact) mass is 300 g/mol. The Morgan fingerprint density at radius 2 is 2.12 bits per heavy atom. The van der Waals surface area contributed by atoms with Crippen LogP contribution in [0.15, 0.2) is 22.7 Å². The van der Waals surface area contributed by atoms with Gasteiger partial charge in [0.05, 0.1) is 15.6 Å². The molecule has 0 saturated carbocycles. The van der Waals surface area contributed by atoms with Gasteiger partial charge in [0.1, 0.15) is 0 Å². The minimum Gasteiger partial charge on any atom is -0.398 e. The number of aliphatic hydroxyl groups is 1. The summed E-state index contributed by atoms with van der Waals surface area (Å²) in [6.45, 7) is 3.57. The Morgan fingerprint density at radius 3 is 2.65 bits per heavy atom. The van der Waals surface area contributed by atoms with E-state index >= 15 is 0 Å². The van der Waals surface area contributed by atoms with Crippen LogP contribution in [0.2, 0.25) is 0 Å². The molecule has 0 aliphatic rings. The maximum atomic E-state index is 12.1. The average Bonchev–Trinajstić information content (AvgIpc) is 2.18. The molecule has 1 rings (SSSR count). The van der Waals surface area contributed by atoms with E-state index in [1.807, 2.05) is 0 Å². The van der Waals surface area contributed by atoms with E-state index in [9.17, 15) is 9.90 Å². The molecular weight excluding hydrogens is 284 g/mol. The standard InChI is InChI=1S/C12H17BrN2O2/c1-12(2,17)7-15(3)11(16)8-5-4-6-9(14)10(8)13/h4-6,17H,7,14H2,1-3H3. The van der Waals surface area contributed by atoms with Crippen LogP contribution in [0.3, 0.4) is 0 Å². The van der Waals surface area contributed by atoms with Crippen LogP contribution in [0.1, 0.15) is 24.2 Å². The first-order chi connectivity index (χ1) is 7.72. The smallest absolute Gasteiger partial charge is 0.254 e. The molecule has 0 aromatic heterocycles. The van der Waals surface area contributed by atoms with Crippen LogP contribution < -0.4 is 5.73 Å². The van der Waals surface area contributed by atoms with E-state index in [4.69, 9.17) is 5.73 Å². The Morgan fingerprint density at radius 1 is 1.53 bits per heavy atom. The predicted molar refractivity (Wildman–Crippen MR) is 71.8 cm³/mol. The number of benzene rings is 1. The minimum absolute atomic E-state index is 0.175. The lowest BCUT2D eigenvalue weighted by molar-refractivity contribution is 0.0367. The number of likely N-dealkylation sites (N-methyl/N-ethyl adjacent to an activating group) is 1. The van der Waals surface area contributed by atoms with E-state index in [-0.39, 0.29) is 12.5 Å². The van der Waals surface area contributed by atoms with Crippen LogP contribution in [0.5, 0.6) is 0 Å². The van der Waals surface area contributed by atoms with Crippen molar-refractivity contribution in [2.75, 3.05) is 19.3 Å². The summed E-state index contributed by atoms with van der Waals surface area (Å²) in [5, 5.41) is 9.68. The van der Waals surface area contributed by atoms with Gasteiger partial charge in [-0.15, -0.1) is 0 Å². The van der Waals surface area contributed by atoms with Crippen LogP contribution in [0.4, 0.5) is 5.69 Å². The Bertz CT molecular complexity index is 427. The molecule has 1 aromatic rings. The third-order valence-corrected chi connectivity index (χ3v) is 3.11. The van der Waals surface area contributed by atoms with Crippen molar-refractivity contribution in [3.8, 4) is 0 Å². The molecule has 0 spiro atoms. The molecule has 0 radical (unpaired) electrons. The van der Waals surface area contributed by atoms with Gasteiger partial charge in [0.15, 0.2) is 0 Å². The second kappa shape index (κ2) is 5.06. The zero-order chi connectivity index (χ0) is 13.2. The summed E-state index contributed by atoms with van der Waals surface area (Å²) >= 11 is 3.29. The number of rotatable bonds is 3. The number of nitrogens with two attached hydrogens (primary N) is 1. The molecule has 0 atom stereocenters. The first kappa shape index (κ1) is 14.0. The van der Waals surface area contributed by atoms with Crippen LogP contribution in [0, 0.1) is 0 Å². The van der Waals surface area contributed by atoms with Crippen molar-refractivity contribution in [3.05, 3.63) is 28.2 Å². The summed E-state index contributed by atoms with van der Waals surface area (Å²) in [6, 6.07) is 5.14. The van der Waals surface area contributed by atoms with Crippen molar-refractivity contribution in [2.24, 2.45) is 0 Å². The fraction of sp³-hybridized carbons (Fsp3) is 0.417. The maximum Gasteiger partial charge on any atom is 0.254 e. The molecule has 0 bridgehead atoms. The van der Waals surface area contributed by atoms with Crippen LogP contribution in [0.25, 0.3) is 0 Å². The molecule has 5 heteroatoms. The third-order valence-electron chi connectivity index (χ3n) is 2.23. The summed E-state index contributed by atoms with van der Waals surface area (Å²) in [6.07, 6.45) is 0. The highest BCUT2D eigenvalue weighted by molar-refractivity contribution is 9.10. The molecule has 0 unspecified atom stereocenters. The lowest BCUT2D eigenvalue weighted by Gasteiger charge is -2.26. The first-order valence-corrected chi connectivity index (χ1v) is 6.03. The number of hydrogen-bond donors (Lipinski definition) is 2.